The van der Waals surface area contributed by atoms with Crippen molar-refractivity contribution in [3.05, 3.63) is 65.7 Å². The Morgan fingerprint density at radius 2 is 1.76 bits per heavy atom. The molecule has 1 fully saturated rings. The number of benzene rings is 2. The maximum atomic E-state index is 12.6. The molecule has 0 spiro atoms. The van der Waals surface area contributed by atoms with E-state index >= 15 is 0 Å². The molecule has 0 saturated carbocycles. The first kappa shape index (κ1) is 16.5. The number of hydrogen-bond acceptors (Lipinski definition) is 4. The molecule has 25 heavy (non-hydrogen) atoms. The predicted octanol–water partition coefficient (Wildman–Crippen LogP) is 1.62. The van der Waals surface area contributed by atoms with E-state index in [4.69, 9.17) is 9.84 Å². The summed E-state index contributed by atoms with van der Waals surface area (Å²) < 4.78 is 5.43. The number of ether oxygens (including phenoxy) is 1. The smallest absolute Gasteiger partial charge is 0.322 e. The van der Waals surface area contributed by atoms with E-state index in [0.717, 1.165) is 0 Å². The van der Waals surface area contributed by atoms with Crippen molar-refractivity contribution in [1.29, 1.82) is 0 Å². The van der Waals surface area contributed by atoms with E-state index < -0.39 is 23.4 Å². The Balaban J connectivity index is 1.99. The van der Waals surface area contributed by atoms with Gasteiger partial charge < -0.3 is 15.2 Å². The van der Waals surface area contributed by atoms with Crippen LogP contribution in [0.3, 0.4) is 0 Å². The lowest BCUT2D eigenvalue weighted by molar-refractivity contribution is -0.137. The largest absolute Gasteiger partial charge is 0.493 e. The lowest BCUT2D eigenvalue weighted by atomic mass is 9.83. The van der Waals surface area contributed by atoms with Crippen molar-refractivity contribution in [1.82, 2.24) is 10.6 Å². The SMILES string of the molecule is O=C(O)CCOc1cccc(C2(c3ccccc3)NC(=O)NC2=O)c1. The lowest BCUT2D eigenvalue weighted by Crippen LogP contribution is -2.44. The number of urea groups is 1. The zero-order valence-corrected chi connectivity index (χ0v) is 13.2. The standard InChI is InChI=1S/C18H16N2O5/c21-15(22)9-10-25-14-8-4-7-13(11-14)18(12-5-2-1-3-6-12)16(23)19-17(24)20-18/h1-8,11H,9-10H2,(H,21,22)(H2,19,20,23,24). The third-order valence-electron chi connectivity index (χ3n) is 3.93. The van der Waals surface area contributed by atoms with Crippen LogP contribution in [0.4, 0.5) is 4.79 Å². The summed E-state index contributed by atoms with van der Waals surface area (Å²) in [6, 6.07) is 15.0. The molecule has 0 bridgehead atoms. The molecule has 0 radical (unpaired) electrons. The van der Waals surface area contributed by atoms with Crippen LogP contribution in [0.1, 0.15) is 17.5 Å². The number of carbonyl (C=O) groups excluding carboxylic acids is 2. The summed E-state index contributed by atoms with van der Waals surface area (Å²) in [7, 11) is 0. The Morgan fingerprint density at radius 3 is 2.40 bits per heavy atom. The highest BCUT2D eigenvalue weighted by Gasteiger charge is 2.49. The van der Waals surface area contributed by atoms with E-state index in [0.29, 0.717) is 16.9 Å². The molecule has 0 aliphatic carbocycles. The van der Waals surface area contributed by atoms with Crippen molar-refractivity contribution in [2.75, 3.05) is 6.61 Å². The minimum absolute atomic E-state index is 0.00960. The molecule has 1 aliphatic heterocycles. The minimum Gasteiger partial charge on any atom is -0.493 e. The molecule has 7 nitrogen and oxygen atoms in total. The van der Waals surface area contributed by atoms with E-state index in [1.807, 2.05) is 6.07 Å². The molecular weight excluding hydrogens is 324 g/mol. The van der Waals surface area contributed by atoms with E-state index in [1.165, 1.54) is 0 Å². The topological polar surface area (TPSA) is 105 Å². The van der Waals surface area contributed by atoms with Gasteiger partial charge in [0.25, 0.3) is 5.91 Å². The van der Waals surface area contributed by atoms with Gasteiger partial charge in [-0.15, -0.1) is 0 Å². The Hall–Kier alpha value is -3.35. The lowest BCUT2D eigenvalue weighted by Gasteiger charge is -2.27. The molecule has 2 aromatic rings. The van der Waals surface area contributed by atoms with Crippen LogP contribution < -0.4 is 15.4 Å². The molecule has 1 aliphatic rings. The second-order valence-electron chi connectivity index (χ2n) is 5.54. The monoisotopic (exact) mass is 340 g/mol. The van der Waals surface area contributed by atoms with Gasteiger partial charge >= 0.3 is 12.0 Å². The molecule has 1 unspecified atom stereocenters. The molecular formula is C18H16N2O5. The van der Waals surface area contributed by atoms with Crippen molar-refractivity contribution >= 4 is 17.9 Å². The van der Waals surface area contributed by atoms with Gasteiger partial charge in [-0.05, 0) is 23.3 Å². The van der Waals surface area contributed by atoms with Gasteiger partial charge in [0.2, 0.25) is 0 Å². The van der Waals surface area contributed by atoms with Gasteiger partial charge in [-0.1, -0.05) is 42.5 Å². The molecule has 2 aromatic carbocycles. The fraction of sp³-hybridized carbons (Fsp3) is 0.167. The number of carbonyl (C=O) groups is 3. The molecule has 7 heteroatoms. The molecule has 3 N–H and O–H groups in total. The number of aliphatic carboxylic acids is 1. The van der Waals surface area contributed by atoms with Gasteiger partial charge in [-0.25, -0.2) is 4.79 Å². The molecule has 1 saturated heterocycles. The maximum absolute atomic E-state index is 12.6. The summed E-state index contributed by atoms with van der Waals surface area (Å²) in [5, 5.41) is 13.7. The van der Waals surface area contributed by atoms with Crippen LogP contribution in [0.15, 0.2) is 54.6 Å². The van der Waals surface area contributed by atoms with Gasteiger partial charge in [-0.2, -0.15) is 0 Å². The van der Waals surface area contributed by atoms with E-state index in [1.54, 1.807) is 48.5 Å². The minimum atomic E-state index is -1.36. The zero-order valence-electron chi connectivity index (χ0n) is 13.2. The highest BCUT2D eigenvalue weighted by Crippen LogP contribution is 2.34. The number of imide groups is 1. The first-order valence-electron chi connectivity index (χ1n) is 7.66. The number of amides is 3. The fourth-order valence-corrected chi connectivity index (χ4v) is 2.79. The third kappa shape index (κ3) is 3.16. The first-order chi connectivity index (χ1) is 12.0. The second-order valence-corrected chi connectivity index (χ2v) is 5.54. The van der Waals surface area contributed by atoms with Gasteiger partial charge in [-0.3, -0.25) is 14.9 Å². The van der Waals surface area contributed by atoms with Crippen LogP contribution in [0, 0.1) is 0 Å². The van der Waals surface area contributed by atoms with Gasteiger partial charge in [0.05, 0.1) is 13.0 Å². The molecule has 128 valence electrons. The predicted molar refractivity (Wildman–Crippen MR) is 88.1 cm³/mol. The van der Waals surface area contributed by atoms with Crippen LogP contribution in [0.2, 0.25) is 0 Å². The Morgan fingerprint density at radius 1 is 1.04 bits per heavy atom. The van der Waals surface area contributed by atoms with Crippen LogP contribution >= 0.6 is 0 Å². The number of hydrogen-bond donors (Lipinski definition) is 3. The molecule has 1 atom stereocenters. The van der Waals surface area contributed by atoms with Crippen molar-refractivity contribution in [3.8, 4) is 5.75 Å². The van der Waals surface area contributed by atoms with E-state index in [2.05, 4.69) is 10.6 Å². The quantitative estimate of drug-likeness (QED) is 0.693. The Kier molecular flexibility index (Phi) is 4.38. The first-order valence-corrected chi connectivity index (χ1v) is 7.66. The third-order valence-corrected chi connectivity index (χ3v) is 3.93. The van der Waals surface area contributed by atoms with Crippen LogP contribution in [-0.4, -0.2) is 29.6 Å². The summed E-state index contributed by atoms with van der Waals surface area (Å²) >= 11 is 0. The van der Waals surface area contributed by atoms with Crippen LogP contribution in [-0.2, 0) is 15.1 Å². The van der Waals surface area contributed by atoms with Gasteiger partial charge in [0, 0.05) is 0 Å². The number of carboxylic acids is 1. The Labute approximate surface area is 143 Å². The normalized spacial score (nSPS) is 19.2. The zero-order chi connectivity index (χ0) is 17.9. The highest BCUT2D eigenvalue weighted by atomic mass is 16.5. The van der Waals surface area contributed by atoms with Crippen LogP contribution in [0.5, 0.6) is 5.75 Å². The van der Waals surface area contributed by atoms with Crippen molar-refractivity contribution in [2.45, 2.75) is 12.0 Å². The van der Waals surface area contributed by atoms with Crippen molar-refractivity contribution < 1.29 is 24.2 Å². The number of carboxylic acid groups (broad SMARTS) is 1. The summed E-state index contributed by atoms with van der Waals surface area (Å²) in [6.07, 6.45) is -0.134. The molecule has 1 heterocycles. The average Bonchev–Trinajstić information content (AvgIpc) is 2.91. The van der Waals surface area contributed by atoms with E-state index in [-0.39, 0.29) is 13.0 Å². The fourth-order valence-electron chi connectivity index (χ4n) is 2.79. The van der Waals surface area contributed by atoms with Crippen molar-refractivity contribution in [3.63, 3.8) is 0 Å². The number of nitrogens with one attached hydrogen (secondary N) is 2. The molecule has 3 rings (SSSR count). The molecule has 3 amide bonds. The maximum Gasteiger partial charge on any atom is 0.322 e. The second kappa shape index (κ2) is 6.64. The highest BCUT2D eigenvalue weighted by molar-refractivity contribution is 6.09. The van der Waals surface area contributed by atoms with Gasteiger partial charge in [0.15, 0.2) is 5.54 Å². The average molecular weight is 340 g/mol. The Bertz CT molecular complexity index is 821. The summed E-state index contributed by atoms with van der Waals surface area (Å²) in [5.74, 6) is -1.02. The summed E-state index contributed by atoms with van der Waals surface area (Å²) in [5.41, 5.74) is -0.222. The summed E-state index contributed by atoms with van der Waals surface area (Å²) in [4.78, 5) is 35.0. The van der Waals surface area contributed by atoms with Crippen LogP contribution in [0.25, 0.3) is 0 Å². The summed E-state index contributed by atoms with van der Waals surface area (Å²) in [6.45, 7) is 0.00960. The molecule has 0 aromatic heterocycles. The van der Waals surface area contributed by atoms with Crippen molar-refractivity contribution in [2.24, 2.45) is 0 Å². The van der Waals surface area contributed by atoms with E-state index in [9.17, 15) is 14.4 Å². The number of rotatable bonds is 6. The van der Waals surface area contributed by atoms with Gasteiger partial charge in [0.1, 0.15) is 5.75 Å².